The van der Waals surface area contributed by atoms with Gasteiger partial charge in [-0.15, -0.1) is 5.10 Å². The second-order valence-corrected chi connectivity index (χ2v) is 8.58. The Bertz CT molecular complexity index is 887. The van der Waals surface area contributed by atoms with Crippen molar-refractivity contribution in [1.29, 1.82) is 0 Å². The van der Waals surface area contributed by atoms with Gasteiger partial charge in [0.2, 0.25) is 15.9 Å². The fourth-order valence-corrected chi connectivity index (χ4v) is 4.76. The number of benzene rings is 1. The van der Waals surface area contributed by atoms with E-state index in [9.17, 15) is 13.2 Å². The summed E-state index contributed by atoms with van der Waals surface area (Å²) in [4.78, 5) is 12.4. The minimum atomic E-state index is -3.36. The number of hydrogen-bond acceptors (Lipinski definition) is 5. The highest BCUT2D eigenvalue weighted by atomic mass is 32.2. The number of piperidine rings is 1. The number of ether oxygens (including phenoxy) is 1. The molecule has 0 radical (unpaired) electrons. The number of nitrogens with one attached hydrogen (secondary N) is 1. The Hall–Kier alpha value is -2.39. The quantitative estimate of drug-likeness (QED) is 0.796. The lowest BCUT2D eigenvalue weighted by molar-refractivity contribution is 0.0920. The third-order valence-electron chi connectivity index (χ3n) is 4.61. The van der Waals surface area contributed by atoms with E-state index in [0.29, 0.717) is 31.5 Å². The third-order valence-corrected chi connectivity index (χ3v) is 6.46. The Kier molecular flexibility index (Phi) is 5.81. The van der Waals surface area contributed by atoms with Gasteiger partial charge in [0.1, 0.15) is 5.56 Å². The van der Waals surface area contributed by atoms with Crippen molar-refractivity contribution in [2.24, 2.45) is 7.05 Å². The van der Waals surface area contributed by atoms with E-state index in [1.165, 1.54) is 16.1 Å². The van der Waals surface area contributed by atoms with Crippen LogP contribution in [0.5, 0.6) is 5.88 Å². The predicted octanol–water partition coefficient (Wildman–Crippen LogP) is 1.15. The maximum atomic E-state index is 12.6. The maximum Gasteiger partial charge on any atom is 0.258 e. The number of carbonyl (C=O) groups excluding carboxylic acids is 1. The molecule has 1 aliphatic rings. The molecule has 0 aliphatic carbocycles. The second-order valence-electron chi connectivity index (χ2n) is 6.61. The van der Waals surface area contributed by atoms with E-state index in [-0.39, 0.29) is 23.6 Å². The number of sulfonamides is 1. The number of nitrogens with zero attached hydrogens (tertiary/aromatic N) is 3. The first-order valence-electron chi connectivity index (χ1n) is 8.79. The molecule has 9 heteroatoms. The van der Waals surface area contributed by atoms with Gasteiger partial charge < -0.3 is 10.1 Å². The summed E-state index contributed by atoms with van der Waals surface area (Å²) in [5.74, 6) is 0.0148. The average Bonchev–Trinajstić information content (AvgIpc) is 3.04. The van der Waals surface area contributed by atoms with Gasteiger partial charge in [0, 0.05) is 32.4 Å². The Morgan fingerprint density at radius 3 is 2.56 bits per heavy atom. The highest BCUT2D eigenvalue weighted by molar-refractivity contribution is 7.88. The summed E-state index contributed by atoms with van der Waals surface area (Å²) >= 11 is 0. The average molecular weight is 392 g/mol. The van der Waals surface area contributed by atoms with E-state index in [2.05, 4.69) is 10.4 Å². The van der Waals surface area contributed by atoms with E-state index in [1.54, 1.807) is 13.2 Å². The van der Waals surface area contributed by atoms with Crippen LogP contribution >= 0.6 is 0 Å². The van der Waals surface area contributed by atoms with Crippen LogP contribution in [0.15, 0.2) is 36.5 Å². The molecule has 27 heavy (non-hydrogen) atoms. The Balaban J connectivity index is 1.56. The molecular formula is C18H24N4O4S. The Morgan fingerprint density at radius 1 is 1.26 bits per heavy atom. The van der Waals surface area contributed by atoms with Crippen LogP contribution in [0.2, 0.25) is 0 Å². The van der Waals surface area contributed by atoms with E-state index >= 15 is 0 Å². The highest BCUT2D eigenvalue weighted by Gasteiger charge is 2.29. The van der Waals surface area contributed by atoms with Crippen molar-refractivity contribution >= 4 is 15.9 Å². The number of amides is 1. The zero-order valence-electron chi connectivity index (χ0n) is 15.5. The fourth-order valence-electron chi connectivity index (χ4n) is 3.19. The number of carbonyl (C=O) groups is 1. The first-order chi connectivity index (χ1) is 12.9. The van der Waals surface area contributed by atoms with Crippen LogP contribution in [0.1, 0.15) is 28.8 Å². The lowest BCUT2D eigenvalue weighted by Gasteiger charge is -2.31. The molecule has 1 fully saturated rings. The molecule has 2 aromatic rings. The molecule has 0 spiro atoms. The number of rotatable bonds is 6. The number of aromatic nitrogens is 2. The van der Waals surface area contributed by atoms with Gasteiger partial charge in [0.05, 0.1) is 12.9 Å². The molecule has 0 bridgehead atoms. The van der Waals surface area contributed by atoms with Gasteiger partial charge in [0.15, 0.2) is 0 Å². The summed E-state index contributed by atoms with van der Waals surface area (Å²) in [6.45, 7) is 0.786. The van der Waals surface area contributed by atoms with Crippen LogP contribution in [-0.4, -0.2) is 54.7 Å². The summed E-state index contributed by atoms with van der Waals surface area (Å²) < 4.78 is 33.3. The number of methoxy groups -OCH3 is 1. The topological polar surface area (TPSA) is 93.5 Å². The summed E-state index contributed by atoms with van der Waals surface area (Å²) in [5, 5.41) is 7.02. The first-order valence-corrected chi connectivity index (χ1v) is 10.4. The predicted molar refractivity (Wildman–Crippen MR) is 101 cm³/mol. The van der Waals surface area contributed by atoms with Crippen molar-refractivity contribution in [3.63, 3.8) is 0 Å². The van der Waals surface area contributed by atoms with Crippen LogP contribution in [0.25, 0.3) is 0 Å². The summed E-state index contributed by atoms with van der Waals surface area (Å²) in [7, 11) is -0.175. The van der Waals surface area contributed by atoms with E-state index < -0.39 is 10.0 Å². The first kappa shape index (κ1) is 19.4. The molecule has 1 aliphatic heterocycles. The molecular weight excluding hydrogens is 368 g/mol. The van der Waals surface area contributed by atoms with Crippen molar-refractivity contribution in [2.45, 2.75) is 24.6 Å². The molecule has 2 heterocycles. The monoisotopic (exact) mass is 392 g/mol. The molecule has 8 nitrogen and oxygen atoms in total. The fraction of sp³-hybridized carbons (Fsp3) is 0.444. The van der Waals surface area contributed by atoms with E-state index in [0.717, 1.165) is 5.56 Å². The van der Waals surface area contributed by atoms with Gasteiger partial charge in [-0.1, -0.05) is 30.3 Å². The molecule has 1 aromatic heterocycles. The van der Waals surface area contributed by atoms with Crippen LogP contribution < -0.4 is 10.1 Å². The van der Waals surface area contributed by atoms with E-state index in [1.807, 2.05) is 30.3 Å². The van der Waals surface area contributed by atoms with Crippen molar-refractivity contribution < 1.29 is 17.9 Å². The molecule has 0 atom stereocenters. The van der Waals surface area contributed by atoms with Crippen LogP contribution in [0, 0.1) is 0 Å². The Labute approximate surface area is 159 Å². The molecule has 1 amide bonds. The highest BCUT2D eigenvalue weighted by Crippen LogP contribution is 2.19. The smallest absolute Gasteiger partial charge is 0.258 e. The third kappa shape index (κ3) is 4.67. The normalized spacial score (nSPS) is 16.2. The molecule has 0 unspecified atom stereocenters. The molecule has 1 N–H and O–H groups in total. The second kappa shape index (κ2) is 8.10. The number of aryl methyl sites for hydroxylation is 1. The van der Waals surface area contributed by atoms with Crippen LogP contribution in [0.3, 0.4) is 0 Å². The SMILES string of the molecule is COc1nn(C)cc1C(=O)NC1CCN(S(=O)(=O)Cc2ccccc2)CC1. The Morgan fingerprint density at radius 2 is 1.93 bits per heavy atom. The lowest BCUT2D eigenvalue weighted by atomic mass is 10.1. The van der Waals surface area contributed by atoms with E-state index in [4.69, 9.17) is 4.74 Å². The minimum absolute atomic E-state index is 0.00223. The zero-order valence-corrected chi connectivity index (χ0v) is 16.3. The number of hydrogen-bond donors (Lipinski definition) is 1. The van der Waals surface area contributed by atoms with Crippen molar-refractivity contribution in [1.82, 2.24) is 19.4 Å². The standard InChI is InChI=1S/C18H24N4O4S/c1-21-12-16(18(20-21)26-2)17(23)19-15-8-10-22(11-9-15)27(24,25)13-14-6-4-3-5-7-14/h3-7,12,15H,8-11,13H2,1-2H3,(H,19,23). The minimum Gasteiger partial charge on any atom is -0.479 e. The van der Waals surface area contributed by atoms with Gasteiger partial charge >= 0.3 is 0 Å². The van der Waals surface area contributed by atoms with Gasteiger partial charge in [0.25, 0.3) is 5.91 Å². The van der Waals surface area contributed by atoms with Crippen molar-refractivity contribution in [3.8, 4) is 5.88 Å². The summed E-state index contributed by atoms with van der Waals surface area (Å²) in [6.07, 6.45) is 2.75. The van der Waals surface area contributed by atoms with Gasteiger partial charge in [-0.05, 0) is 18.4 Å². The van der Waals surface area contributed by atoms with Crippen molar-refractivity contribution in [2.75, 3.05) is 20.2 Å². The molecule has 1 aromatic carbocycles. The van der Waals surface area contributed by atoms with Crippen molar-refractivity contribution in [3.05, 3.63) is 47.7 Å². The summed E-state index contributed by atoms with van der Waals surface area (Å²) in [6, 6.07) is 9.07. The summed E-state index contributed by atoms with van der Waals surface area (Å²) in [5.41, 5.74) is 1.15. The molecule has 146 valence electrons. The van der Waals surface area contributed by atoms with Gasteiger partial charge in [-0.3, -0.25) is 9.48 Å². The van der Waals surface area contributed by atoms with Gasteiger partial charge in [-0.25, -0.2) is 12.7 Å². The van der Waals surface area contributed by atoms with Crippen LogP contribution in [0.4, 0.5) is 0 Å². The maximum absolute atomic E-state index is 12.6. The molecule has 0 saturated carbocycles. The molecule has 3 rings (SSSR count). The molecule has 1 saturated heterocycles. The lowest BCUT2D eigenvalue weighted by Crippen LogP contribution is -2.46. The largest absolute Gasteiger partial charge is 0.479 e. The zero-order chi connectivity index (χ0) is 19.4. The van der Waals surface area contributed by atoms with Gasteiger partial charge in [-0.2, -0.15) is 0 Å². The van der Waals surface area contributed by atoms with Crippen LogP contribution in [-0.2, 0) is 22.8 Å².